The number of halogens is 2. The van der Waals surface area contributed by atoms with Gasteiger partial charge >= 0.3 is 0 Å². The average Bonchev–Trinajstić information content (AvgIpc) is 3.00. The molecule has 1 aromatic heterocycles. The zero-order valence-corrected chi connectivity index (χ0v) is 20.8. The Morgan fingerprint density at radius 3 is 2.56 bits per heavy atom. The molecular formula is C18H27BrIN5OS. The quantitative estimate of drug-likeness (QED) is 0.213. The summed E-state index contributed by atoms with van der Waals surface area (Å²) in [7, 11) is 0. The SMILES string of the molecule is CCNC(=NCC(C)(C)Sc1ccc(Br)cc1)NCCc1nc(C)no1.I. The largest absolute Gasteiger partial charge is 0.357 e. The first-order chi connectivity index (χ1) is 12.4. The second-order valence-electron chi connectivity index (χ2n) is 6.42. The van der Waals surface area contributed by atoms with Gasteiger partial charge in [-0.1, -0.05) is 21.1 Å². The summed E-state index contributed by atoms with van der Waals surface area (Å²) in [6.45, 7) is 10.5. The number of nitrogens with zero attached hydrogens (tertiary/aromatic N) is 3. The van der Waals surface area contributed by atoms with Gasteiger partial charge < -0.3 is 15.2 Å². The highest BCUT2D eigenvalue weighted by atomic mass is 127. The second kappa shape index (κ2) is 11.9. The number of aliphatic imine (C=N–C) groups is 1. The topological polar surface area (TPSA) is 75.3 Å². The number of aromatic nitrogens is 2. The van der Waals surface area contributed by atoms with E-state index in [1.807, 2.05) is 18.7 Å². The fourth-order valence-electron chi connectivity index (χ4n) is 2.19. The molecule has 1 heterocycles. The maximum absolute atomic E-state index is 5.13. The van der Waals surface area contributed by atoms with Gasteiger partial charge in [-0.05, 0) is 52.0 Å². The van der Waals surface area contributed by atoms with Crippen LogP contribution in [0.2, 0.25) is 0 Å². The third-order valence-electron chi connectivity index (χ3n) is 3.37. The molecule has 2 N–H and O–H groups in total. The molecule has 0 bridgehead atoms. The highest BCUT2D eigenvalue weighted by Gasteiger charge is 2.19. The number of hydrogen-bond acceptors (Lipinski definition) is 5. The van der Waals surface area contributed by atoms with Gasteiger partial charge in [0.2, 0.25) is 5.89 Å². The van der Waals surface area contributed by atoms with Crippen LogP contribution in [0.4, 0.5) is 0 Å². The van der Waals surface area contributed by atoms with Crippen LogP contribution in [-0.2, 0) is 6.42 Å². The maximum Gasteiger partial charge on any atom is 0.228 e. The third-order valence-corrected chi connectivity index (χ3v) is 5.09. The summed E-state index contributed by atoms with van der Waals surface area (Å²) in [5, 5.41) is 10.4. The van der Waals surface area contributed by atoms with E-state index >= 15 is 0 Å². The van der Waals surface area contributed by atoms with Crippen molar-refractivity contribution < 1.29 is 4.52 Å². The van der Waals surface area contributed by atoms with Crippen LogP contribution in [0, 0.1) is 6.92 Å². The Bertz CT molecular complexity index is 721. The summed E-state index contributed by atoms with van der Waals surface area (Å²) in [5.74, 6) is 2.09. The monoisotopic (exact) mass is 567 g/mol. The molecule has 0 unspecified atom stereocenters. The summed E-state index contributed by atoms with van der Waals surface area (Å²) in [6.07, 6.45) is 0.669. The van der Waals surface area contributed by atoms with Crippen LogP contribution >= 0.6 is 51.7 Å². The molecule has 2 aromatic rings. The Kier molecular flexibility index (Phi) is 10.7. The molecule has 0 amide bonds. The molecule has 0 atom stereocenters. The van der Waals surface area contributed by atoms with E-state index in [1.54, 1.807) is 0 Å². The van der Waals surface area contributed by atoms with E-state index < -0.39 is 0 Å². The van der Waals surface area contributed by atoms with Crippen LogP contribution in [0.25, 0.3) is 0 Å². The molecule has 0 radical (unpaired) electrons. The molecular weight excluding hydrogens is 541 g/mol. The number of nitrogens with one attached hydrogen (secondary N) is 2. The Labute approximate surface area is 190 Å². The summed E-state index contributed by atoms with van der Waals surface area (Å²) in [6, 6.07) is 8.37. The van der Waals surface area contributed by atoms with Crippen molar-refractivity contribution in [3.8, 4) is 0 Å². The van der Waals surface area contributed by atoms with Crippen molar-refractivity contribution in [2.45, 2.75) is 43.8 Å². The van der Waals surface area contributed by atoms with Gasteiger partial charge in [0.25, 0.3) is 0 Å². The van der Waals surface area contributed by atoms with Crippen molar-refractivity contribution in [1.29, 1.82) is 0 Å². The highest BCUT2D eigenvalue weighted by molar-refractivity contribution is 14.0. The van der Waals surface area contributed by atoms with Gasteiger partial charge in [0.05, 0.1) is 6.54 Å². The summed E-state index contributed by atoms with van der Waals surface area (Å²) < 4.78 is 6.20. The number of benzene rings is 1. The van der Waals surface area contributed by atoms with Crippen LogP contribution in [0.5, 0.6) is 0 Å². The normalized spacial score (nSPS) is 11.8. The summed E-state index contributed by atoms with van der Waals surface area (Å²) in [5.41, 5.74) is 0. The zero-order chi connectivity index (χ0) is 19.0. The first-order valence-corrected chi connectivity index (χ1v) is 10.2. The Morgan fingerprint density at radius 1 is 1.26 bits per heavy atom. The Hall–Kier alpha value is -0.810. The van der Waals surface area contributed by atoms with Crippen LogP contribution in [0.1, 0.15) is 32.5 Å². The third kappa shape index (κ3) is 9.29. The van der Waals surface area contributed by atoms with E-state index in [-0.39, 0.29) is 28.7 Å². The van der Waals surface area contributed by atoms with Gasteiger partial charge in [-0.2, -0.15) is 4.98 Å². The molecule has 9 heteroatoms. The first-order valence-electron chi connectivity index (χ1n) is 8.64. The smallest absolute Gasteiger partial charge is 0.228 e. The number of thioether (sulfide) groups is 1. The zero-order valence-electron chi connectivity index (χ0n) is 16.1. The molecule has 0 spiro atoms. The predicted octanol–water partition coefficient (Wildman–Crippen LogP) is 4.43. The molecule has 0 aliphatic carbocycles. The van der Waals surface area contributed by atoms with Crippen LogP contribution in [0.15, 0.2) is 43.1 Å². The lowest BCUT2D eigenvalue weighted by Crippen LogP contribution is -2.39. The molecule has 2 rings (SSSR count). The van der Waals surface area contributed by atoms with Crippen molar-refractivity contribution >= 4 is 57.6 Å². The summed E-state index contributed by atoms with van der Waals surface area (Å²) >= 11 is 5.29. The molecule has 0 saturated carbocycles. The number of aryl methyl sites for hydroxylation is 1. The van der Waals surface area contributed by atoms with Crippen LogP contribution in [0.3, 0.4) is 0 Å². The molecule has 6 nitrogen and oxygen atoms in total. The lowest BCUT2D eigenvalue weighted by atomic mass is 10.2. The average molecular weight is 568 g/mol. The van der Waals surface area contributed by atoms with E-state index in [1.165, 1.54) is 4.90 Å². The van der Waals surface area contributed by atoms with Gasteiger partial charge in [0.15, 0.2) is 11.8 Å². The molecule has 1 aromatic carbocycles. The lowest BCUT2D eigenvalue weighted by molar-refractivity contribution is 0.374. The van der Waals surface area contributed by atoms with E-state index in [0.29, 0.717) is 31.2 Å². The van der Waals surface area contributed by atoms with Gasteiger partial charge in [-0.15, -0.1) is 35.7 Å². The molecule has 27 heavy (non-hydrogen) atoms. The molecule has 0 fully saturated rings. The maximum atomic E-state index is 5.13. The molecule has 0 saturated heterocycles. The van der Waals surface area contributed by atoms with Gasteiger partial charge in [0, 0.05) is 33.6 Å². The molecule has 150 valence electrons. The van der Waals surface area contributed by atoms with Crippen LogP contribution < -0.4 is 10.6 Å². The second-order valence-corrected chi connectivity index (χ2v) is 9.12. The van der Waals surface area contributed by atoms with Crippen LogP contribution in [-0.4, -0.2) is 40.5 Å². The van der Waals surface area contributed by atoms with Crippen molar-refractivity contribution in [3.63, 3.8) is 0 Å². The van der Waals surface area contributed by atoms with E-state index in [4.69, 9.17) is 9.52 Å². The minimum absolute atomic E-state index is 0. The standard InChI is InChI=1S/C18H26BrN5OS.HI/c1-5-20-17(21-11-10-16-23-13(2)24-25-16)22-12-18(3,4)26-15-8-6-14(19)7-9-15;/h6-9H,5,10-12H2,1-4H3,(H2,20,21,22);1H. The van der Waals surface area contributed by atoms with Crippen molar-refractivity contribution in [3.05, 3.63) is 40.5 Å². The fourth-order valence-corrected chi connectivity index (χ4v) is 3.50. The van der Waals surface area contributed by atoms with Gasteiger partial charge in [-0.25, -0.2) is 0 Å². The van der Waals surface area contributed by atoms with Gasteiger partial charge in [-0.3, -0.25) is 4.99 Å². The van der Waals surface area contributed by atoms with Crippen molar-refractivity contribution in [1.82, 2.24) is 20.8 Å². The highest BCUT2D eigenvalue weighted by Crippen LogP contribution is 2.33. The summed E-state index contributed by atoms with van der Waals surface area (Å²) in [4.78, 5) is 10.2. The van der Waals surface area contributed by atoms with Gasteiger partial charge in [0.1, 0.15) is 0 Å². The minimum atomic E-state index is -0.0141. The number of rotatable bonds is 8. The van der Waals surface area contributed by atoms with Crippen molar-refractivity contribution in [2.24, 2.45) is 4.99 Å². The van der Waals surface area contributed by atoms with E-state index in [9.17, 15) is 0 Å². The fraction of sp³-hybridized carbons (Fsp3) is 0.500. The Morgan fingerprint density at radius 2 is 1.96 bits per heavy atom. The molecule has 0 aliphatic rings. The lowest BCUT2D eigenvalue weighted by Gasteiger charge is -2.22. The number of hydrogen-bond donors (Lipinski definition) is 2. The molecule has 0 aliphatic heterocycles. The Balaban J connectivity index is 0.00000364. The van der Waals surface area contributed by atoms with E-state index in [2.05, 4.69) is 81.7 Å². The minimum Gasteiger partial charge on any atom is -0.357 e. The van der Waals surface area contributed by atoms with Crippen molar-refractivity contribution in [2.75, 3.05) is 19.6 Å². The van der Waals surface area contributed by atoms with E-state index in [0.717, 1.165) is 17.0 Å². The predicted molar refractivity (Wildman–Crippen MR) is 126 cm³/mol. The first kappa shape index (κ1) is 24.2. The number of guanidine groups is 1.